The first-order chi connectivity index (χ1) is 10.6. The number of halogens is 3. The predicted octanol–water partition coefficient (Wildman–Crippen LogP) is -3.09. The Kier molecular flexibility index (Phi) is 12.9. The summed E-state index contributed by atoms with van der Waals surface area (Å²) in [6, 6.07) is 17.8. The van der Waals surface area contributed by atoms with Crippen molar-refractivity contribution in [3.63, 3.8) is 0 Å². The predicted molar refractivity (Wildman–Crippen MR) is 93.9 cm³/mol. The third-order valence-corrected chi connectivity index (χ3v) is 4.63. The molecule has 2 aromatic rings. The van der Waals surface area contributed by atoms with Gasteiger partial charge in [0.1, 0.15) is 0 Å². The van der Waals surface area contributed by atoms with E-state index in [0.29, 0.717) is 0 Å². The van der Waals surface area contributed by atoms with Gasteiger partial charge in [-0.05, 0) is 25.0 Å². The average Bonchev–Trinajstić information content (AvgIpc) is 2.80. The summed E-state index contributed by atoms with van der Waals surface area (Å²) in [4.78, 5) is 0. The van der Waals surface area contributed by atoms with E-state index in [1.165, 1.54) is 39.0 Å². The molecule has 0 radical (unpaired) electrons. The van der Waals surface area contributed by atoms with Gasteiger partial charge < -0.3 is 37.2 Å². The van der Waals surface area contributed by atoms with E-state index in [0.717, 1.165) is 6.42 Å². The van der Waals surface area contributed by atoms with Gasteiger partial charge in [0, 0.05) is 5.92 Å². The molecule has 26 heavy (non-hydrogen) atoms. The number of rotatable bonds is 3. The molecule has 0 fully saturated rings. The molecule has 4 heteroatoms. The molecule has 1 aliphatic carbocycles. The molecule has 0 amide bonds. The molecule has 0 atom stereocenters. The number of benzene rings is 2. The zero-order chi connectivity index (χ0) is 15.7. The van der Waals surface area contributed by atoms with Gasteiger partial charge in [-0.25, -0.2) is 5.57 Å². The number of hydrogen-bond donors (Lipinski definition) is 0. The minimum absolute atomic E-state index is 0. The van der Waals surface area contributed by atoms with Gasteiger partial charge in [-0.3, -0.25) is 6.08 Å². The van der Waals surface area contributed by atoms with Crippen LogP contribution < -0.4 is 37.2 Å². The first-order valence-corrected chi connectivity index (χ1v) is 7.97. The molecular weight excluding hydrogens is 418 g/mol. The van der Waals surface area contributed by atoms with Crippen LogP contribution in [-0.2, 0) is 21.7 Å². The summed E-state index contributed by atoms with van der Waals surface area (Å²) in [5.74, 6) is 0.289. The molecule has 0 aliphatic heterocycles. The summed E-state index contributed by atoms with van der Waals surface area (Å²) in [7, 11) is 0. The first kappa shape index (κ1) is 27.7. The van der Waals surface area contributed by atoms with Crippen LogP contribution in [0.15, 0.2) is 65.3 Å². The molecule has 136 valence electrons. The van der Waals surface area contributed by atoms with Crippen molar-refractivity contribution in [1.29, 1.82) is 0 Å². The molecule has 0 unspecified atom stereocenters. The van der Waals surface area contributed by atoms with Crippen LogP contribution in [0.4, 0.5) is 0 Å². The van der Waals surface area contributed by atoms with Crippen LogP contribution >= 0.6 is 0 Å². The Hall–Kier alpha value is -0.496. The minimum Gasteiger partial charge on any atom is -1.00 e. The van der Waals surface area contributed by atoms with Crippen molar-refractivity contribution in [1.82, 2.24) is 0 Å². The van der Waals surface area contributed by atoms with E-state index in [4.69, 9.17) is 0 Å². The number of aryl methyl sites for hydroxylation is 2. The molecule has 0 saturated heterocycles. The van der Waals surface area contributed by atoms with E-state index in [2.05, 4.69) is 82.3 Å². The second-order valence-corrected chi connectivity index (χ2v) is 6.43. The monoisotopic (exact) mass is 440 g/mol. The summed E-state index contributed by atoms with van der Waals surface area (Å²) in [6.07, 6.45) is 4.60. The molecule has 0 spiro atoms. The van der Waals surface area contributed by atoms with E-state index in [9.17, 15) is 0 Å². The summed E-state index contributed by atoms with van der Waals surface area (Å²) in [5.41, 5.74) is 9.56. The Labute approximate surface area is 191 Å². The maximum Gasteiger partial charge on any atom is 4.00 e. The molecule has 0 saturated carbocycles. The maximum atomic E-state index is 3.63. The van der Waals surface area contributed by atoms with Gasteiger partial charge in [-0.2, -0.15) is 11.1 Å². The van der Waals surface area contributed by atoms with Crippen molar-refractivity contribution in [2.75, 3.05) is 0 Å². The number of hydrogen-bond acceptors (Lipinski definition) is 0. The molecule has 2 aromatic carbocycles. The second-order valence-electron chi connectivity index (χ2n) is 6.43. The Morgan fingerprint density at radius 1 is 0.769 bits per heavy atom. The van der Waals surface area contributed by atoms with Gasteiger partial charge in [0.15, 0.2) is 0 Å². The topological polar surface area (TPSA) is 0 Å². The maximum absolute atomic E-state index is 3.63. The van der Waals surface area contributed by atoms with E-state index in [1.807, 2.05) is 0 Å². The van der Waals surface area contributed by atoms with Crippen LogP contribution in [0.3, 0.4) is 0 Å². The van der Waals surface area contributed by atoms with Crippen molar-refractivity contribution in [3.05, 3.63) is 93.6 Å². The van der Waals surface area contributed by atoms with Crippen LogP contribution in [0.1, 0.15) is 48.4 Å². The summed E-state index contributed by atoms with van der Waals surface area (Å²) in [6.45, 7) is 8.79. The third kappa shape index (κ3) is 6.01. The standard InChI is InChI=1S/C22H23.3ClH.Ti/c1-15-7-5-9-19(13-15)22(20-10-6-8-16(2)14-20)21-12-11-17(3)18(21)4;;;;/h5-10,13-14,22H,11H2,1-4H3;3*1H;/q-1;;;;+4/p-3. The van der Waals surface area contributed by atoms with Gasteiger partial charge >= 0.3 is 21.7 Å². The van der Waals surface area contributed by atoms with Crippen molar-refractivity contribution < 1.29 is 58.9 Å². The van der Waals surface area contributed by atoms with E-state index >= 15 is 0 Å². The molecule has 0 nitrogen and oxygen atoms in total. The van der Waals surface area contributed by atoms with Gasteiger partial charge in [0.05, 0.1) is 0 Å². The average molecular weight is 442 g/mol. The quantitative estimate of drug-likeness (QED) is 0.350. The smallest absolute Gasteiger partial charge is 1.00 e. The molecule has 1 aliphatic rings. The molecule has 0 aromatic heterocycles. The molecule has 0 bridgehead atoms. The summed E-state index contributed by atoms with van der Waals surface area (Å²) in [5, 5.41) is 0. The molecular formula is C22H23Cl3Ti. The van der Waals surface area contributed by atoms with Crippen molar-refractivity contribution in [2.24, 2.45) is 0 Å². The van der Waals surface area contributed by atoms with E-state index in [-0.39, 0.29) is 64.9 Å². The van der Waals surface area contributed by atoms with Crippen LogP contribution in [-0.4, -0.2) is 0 Å². The fraction of sp³-hybridized carbons (Fsp3) is 0.273. The van der Waals surface area contributed by atoms with Gasteiger partial charge in [0.2, 0.25) is 0 Å². The van der Waals surface area contributed by atoms with Crippen LogP contribution in [0.25, 0.3) is 0 Å². The van der Waals surface area contributed by atoms with Crippen LogP contribution in [0, 0.1) is 19.9 Å². The minimum atomic E-state index is 0. The molecule has 3 rings (SSSR count). The first-order valence-electron chi connectivity index (χ1n) is 7.97. The Bertz CT molecular complexity index is 733. The summed E-state index contributed by atoms with van der Waals surface area (Å²) < 4.78 is 0. The Balaban J connectivity index is 0. The fourth-order valence-corrected chi connectivity index (χ4v) is 3.27. The molecule has 0 heterocycles. The zero-order valence-electron chi connectivity index (χ0n) is 15.5. The van der Waals surface area contributed by atoms with Gasteiger partial charge in [-0.1, -0.05) is 66.6 Å². The Morgan fingerprint density at radius 3 is 1.58 bits per heavy atom. The number of allylic oxidation sites excluding steroid dienone is 4. The largest absolute Gasteiger partial charge is 4.00 e. The normalized spacial score (nSPS) is 12.4. The van der Waals surface area contributed by atoms with Crippen LogP contribution in [0.2, 0.25) is 0 Å². The molecule has 0 N–H and O–H groups in total. The van der Waals surface area contributed by atoms with Crippen molar-refractivity contribution >= 4 is 0 Å². The van der Waals surface area contributed by atoms with Crippen molar-refractivity contribution in [2.45, 2.75) is 40.0 Å². The van der Waals surface area contributed by atoms with Crippen LogP contribution in [0.5, 0.6) is 0 Å². The van der Waals surface area contributed by atoms with Gasteiger partial charge in [-0.15, -0.1) is 13.3 Å². The fourth-order valence-electron chi connectivity index (χ4n) is 3.27. The second kappa shape index (κ2) is 12.1. The van der Waals surface area contributed by atoms with E-state index < -0.39 is 0 Å². The van der Waals surface area contributed by atoms with Crippen molar-refractivity contribution in [3.8, 4) is 0 Å². The van der Waals surface area contributed by atoms with Gasteiger partial charge in [0.25, 0.3) is 0 Å². The summed E-state index contributed by atoms with van der Waals surface area (Å²) >= 11 is 0. The van der Waals surface area contributed by atoms with E-state index in [1.54, 1.807) is 0 Å². The zero-order valence-corrected chi connectivity index (χ0v) is 19.4. The Morgan fingerprint density at radius 2 is 1.23 bits per heavy atom. The third-order valence-electron chi connectivity index (χ3n) is 4.63. The SMILES string of the molecule is CC1=C(C)C(C(c2cccc(C)c2)c2cccc(C)c2)=[C-]C1.[Cl-].[Cl-].[Cl-].[Ti+4].